The predicted molar refractivity (Wildman–Crippen MR) is 442 cm³/mol. The van der Waals surface area contributed by atoms with Gasteiger partial charge in [-0.05, 0) is 31.6 Å². The Morgan fingerprint density at radius 2 is 0.449 bits per heavy atom. The molecule has 0 heterocycles. The predicted octanol–water partition coefficient (Wildman–Crippen LogP) is 27.2. The molecule has 0 amide bonds. The quantitative estimate of drug-likeness (QED) is 0.0222. The molecule has 636 valence electrons. The van der Waals surface area contributed by atoms with Crippen molar-refractivity contribution in [3.8, 4) is 0 Å². The van der Waals surface area contributed by atoms with Gasteiger partial charge in [0.15, 0.2) is 12.2 Å². The second kappa shape index (κ2) is 80.7. The van der Waals surface area contributed by atoms with Crippen molar-refractivity contribution in [1.29, 1.82) is 0 Å². The molecule has 17 nitrogen and oxygen atoms in total. The fourth-order valence-electron chi connectivity index (χ4n) is 13.8. The molecule has 0 saturated heterocycles. The van der Waals surface area contributed by atoms with Gasteiger partial charge in [0.05, 0.1) is 26.4 Å². The molecule has 0 radical (unpaired) electrons. The number of carbonyl (C=O) groups is 4. The molecule has 107 heavy (non-hydrogen) atoms. The third kappa shape index (κ3) is 80.5. The Bertz CT molecular complexity index is 2030. The summed E-state index contributed by atoms with van der Waals surface area (Å²) in [6.07, 6.45) is 75.0. The molecule has 0 saturated carbocycles. The number of carbonyl (C=O) groups excluding carboxylic acids is 4. The molecular formula is C88H172O17P2. The lowest BCUT2D eigenvalue weighted by atomic mass is 9.99. The van der Waals surface area contributed by atoms with Gasteiger partial charge in [-0.1, -0.05) is 426 Å². The minimum Gasteiger partial charge on any atom is -0.462 e. The van der Waals surface area contributed by atoms with Crippen LogP contribution in [0.4, 0.5) is 0 Å². The molecule has 0 aromatic rings. The van der Waals surface area contributed by atoms with Crippen LogP contribution in [0.5, 0.6) is 0 Å². The summed E-state index contributed by atoms with van der Waals surface area (Å²) >= 11 is 0. The highest BCUT2D eigenvalue weighted by Gasteiger charge is 2.30. The van der Waals surface area contributed by atoms with Gasteiger partial charge in [0.2, 0.25) is 0 Å². The summed E-state index contributed by atoms with van der Waals surface area (Å²) in [5.74, 6) is -1.25. The first-order valence-corrected chi connectivity index (χ1v) is 48.7. The zero-order valence-electron chi connectivity index (χ0n) is 70.3. The molecule has 0 aliphatic carbocycles. The van der Waals surface area contributed by atoms with Gasteiger partial charge < -0.3 is 33.8 Å². The van der Waals surface area contributed by atoms with Crippen LogP contribution in [0.25, 0.3) is 0 Å². The smallest absolute Gasteiger partial charge is 0.462 e. The molecule has 3 unspecified atom stereocenters. The van der Waals surface area contributed by atoms with Crippen molar-refractivity contribution in [1.82, 2.24) is 0 Å². The molecule has 6 atom stereocenters. The second-order valence-electron chi connectivity index (χ2n) is 31.9. The molecule has 0 rings (SSSR count). The number of hydrogen-bond acceptors (Lipinski definition) is 15. The standard InChI is InChI=1S/C88H172O17P2/c1-6-10-13-16-19-22-24-26-28-30-32-33-35-37-39-44-48-53-58-63-68-73-88(93)105-84(78-99-86(91)72-67-62-57-52-47-43-38-36-34-31-29-27-25-23-20-17-14-11-7-2)80-103-107(96,97)101-76-82(89)75-100-106(94,95)102-79-83(77-98-85(90)71-66-61-56-50-21-18-15-12-8-3)104-87(92)74-69-64-59-54-49-45-41-40-42-46-51-55-60-65-70-81(5)9-4/h81-84,89H,6-80H2,1-5H3,(H,94,95)(H,96,97)/t81?,82-,83+,84+/m0/s1. The zero-order chi connectivity index (χ0) is 78.3. The average Bonchev–Trinajstić information content (AvgIpc) is 0.906. The van der Waals surface area contributed by atoms with Crippen molar-refractivity contribution in [2.75, 3.05) is 39.6 Å². The van der Waals surface area contributed by atoms with E-state index in [0.717, 1.165) is 95.8 Å². The van der Waals surface area contributed by atoms with E-state index in [1.54, 1.807) is 0 Å². The van der Waals surface area contributed by atoms with Crippen LogP contribution < -0.4 is 0 Å². The van der Waals surface area contributed by atoms with Gasteiger partial charge in [-0.25, -0.2) is 9.13 Å². The number of unbranched alkanes of at least 4 members (excludes halogenated alkanes) is 59. The number of aliphatic hydroxyl groups is 1. The largest absolute Gasteiger partial charge is 0.472 e. The number of aliphatic hydroxyl groups excluding tert-OH is 1. The van der Waals surface area contributed by atoms with Crippen LogP contribution in [0, 0.1) is 5.92 Å². The zero-order valence-corrected chi connectivity index (χ0v) is 72.1. The number of ether oxygens (including phenoxy) is 4. The second-order valence-corrected chi connectivity index (χ2v) is 34.8. The van der Waals surface area contributed by atoms with Crippen LogP contribution in [0.2, 0.25) is 0 Å². The summed E-state index contributed by atoms with van der Waals surface area (Å²) in [6, 6.07) is 0. The van der Waals surface area contributed by atoms with E-state index < -0.39 is 97.5 Å². The highest BCUT2D eigenvalue weighted by Crippen LogP contribution is 2.45. The normalized spacial score (nSPS) is 14.0. The third-order valence-corrected chi connectivity index (χ3v) is 23.0. The van der Waals surface area contributed by atoms with E-state index in [9.17, 15) is 43.2 Å². The van der Waals surface area contributed by atoms with Crippen LogP contribution >= 0.6 is 15.6 Å². The fraction of sp³-hybridized carbons (Fsp3) is 0.955. The Morgan fingerprint density at radius 3 is 0.664 bits per heavy atom. The maximum Gasteiger partial charge on any atom is 0.472 e. The minimum absolute atomic E-state index is 0.108. The van der Waals surface area contributed by atoms with Gasteiger partial charge in [-0.15, -0.1) is 0 Å². The Balaban J connectivity index is 5.20. The Morgan fingerprint density at radius 1 is 0.262 bits per heavy atom. The maximum absolute atomic E-state index is 13.2. The fourth-order valence-corrected chi connectivity index (χ4v) is 15.4. The summed E-state index contributed by atoms with van der Waals surface area (Å²) in [6.45, 7) is 7.41. The van der Waals surface area contributed by atoms with E-state index in [2.05, 4.69) is 34.6 Å². The number of phosphoric acid groups is 2. The van der Waals surface area contributed by atoms with E-state index in [-0.39, 0.29) is 25.7 Å². The van der Waals surface area contributed by atoms with Crippen molar-refractivity contribution < 1.29 is 80.2 Å². The Kier molecular flexibility index (Phi) is 79.2. The lowest BCUT2D eigenvalue weighted by Crippen LogP contribution is -2.30. The molecule has 3 N–H and O–H groups in total. The molecule has 19 heteroatoms. The number of phosphoric ester groups is 2. The Labute approximate surface area is 658 Å². The molecule has 0 bridgehead atoms. The van der Waals surface area contributed by atoms with Crippen LogP contribution in [0.1, 0.15) is 478 Å². The number of esters is 4. The first kappa shape index (κ1) is 105. The van der Waals surface area contributed by atoms with Crippen molar-refractivity contribution in [3.63, 3.8) is 0 Å². The number of hydrogen-bond donors (Lipinski definition) is 3. The Hall–Kier alpha value is -1.94. The van der Waals surface area contributed by atoms with Gasteiger partial charge in [0, 0.05) is 25.7 Å². The number of rotatable bonds is 88. The van der Waals surface area contributed by atoms with Gasteiger partial charge >= 0.3 is 39.5 Å². The monoisotopic (exact) mass is 1560 g/mol. The lowest BCUT2D eigenvalue weighted by molar-refractivity contribution is -0.161. The molecule has 0 aliphatic rings. The van der Waals surface area contributed by atoms with Crippen LogP contribution in [-0.4, -0.2) is 96.7 Å². The highest BCUT2D eigenvalue weighted by molar-refractivity contribution is 7.47. The molecule has 0 aliphatic heterocycles. The maximum atomic E-state index is 13.2. The van der Waals surface area contributed by atoms with Crippen molar-refractivity contribution in [2.24, 2.45) is 5.92 Å². The average molecular weight is 1560 g/mol. The summed E-state index contributed by atoms with van der Waals surface area (Å²) in [5.41, 5.74) is 0. The summed E-state index contributed by atoms with van der Waals surface area (Å²) in [5, 5.41) is 10.7. The van der Waals surface area contributed by atoms with Crippen molar-refractivity contribution in [3.05, 3.63) is 0 Å². The molecule has 0 aromatic carbocycles. The van der Waals surface area contributed by atoms with E-state index in [4.69, 9.17) is 37.0 Å². The van der Waals surface area contributed by atoms with Gasteiger partial charge in [0.25, 0.3) is 0 Å². The van der Waals surface area contributed by atoms with Crippen molar-refractivity contribution >= 4 is 39.5 Å². The van der Waals surface area contributed by atoms with Gasteiger partial charge in [0.1, 0.15) is 19.3 Å². The van der Waals surface area contributed by atoms with Gasteiger partial charge in [-0.3, -0.25) is 37.3 Å². The first-order chi connectivity index (χ1) is 52.1. The topological polar surface area (TPSA) is 237 Å². The summed E-state index contributed by atoms with van der Waals surface area (Å²) < 4.78 is 68.9. The summed E-state index contributed by atoms with van der Waals surface area (Å²) in [4.78, 5) is 73.2. The summed E-state index contributed by atoms with van der Waals surface area (Å²) in [7, 11) is -9.93. The third-order valence-electron chi connectivity index (χ3n) is 21.1. The van der Waals surface area contributed by atoms with Crippen LogP contribution in [0.15, 0.2) is 0 Å². The SMILES string of the molecule is CCCCCCCCCCCCCCCCCCCCCCCC(=O)O[C@H](COC(=O)CCCCCCCCCCCCCCCCCCCCC)COP(=O)(O)OC[C@@H](O)COP(=O)(O)OC[C@@H](COC(=O)CCCCCCCCCCC)OC(=O)CCCCCCCCCCCCCCCCC(C)CC. The van der Waals surface area contributed by atoms with Crippen molar-refractivity contribution in [2.45, 2.75) is 496 Å². The van der Waals surface area contributed by atoms with Crippen LogP contribution in [0.3, 0.4) is 0 Å². The minimum atomic E-state index is -4.97. The molecule has 0 spiro atoms. The lowest BCUT2D eigenvalue weighted by Gasteiger charge is -2.21. The molecule has 0 aromatic heterocycles. The highest BCUT2D eigenvalue weighted by atomic mass is 31.2. The van der Waals surface area contributed by atoms with Gasteiger partial charge in [-0.2, -0.15) is 0 Å². The molecule has 0 fully saturated rings. The molecular weight excluding hydrogens is 1390 g/mol. The van der Waals surface area contributed by atoms with Crippen LogP contribution in [-0.2, 0) is 65.4 Å². The van der Waals surface area contributed by atoms with E-state index in [1.165, 1.54) is 302 Å². The van der Waals surface area contributed by atoms with E-state index in [0.29, 0.717) is 25.7 Å². The van der Waals surface area contributed by atoms with E-state index >= 15 is 0 Å². The first-order valence-electron chi connectivity index (χ1n) is 45.7. The van der Waals surface area contributed by atoms with E-state index in [1.807, 2.05) is 0 Å².